The van der Waals surface area contributed by atoms with Crippen molar-refractivity contribution < 1.29 is 33.8 Å². The Hall–Kier alpha value is -4.17. The van der Waals surface area contributed by atoms with Crippen molar-refractivity contribution in [3.63, 3.8) is 0 Å². The maximum absolute atomic E-state index is 14.5. The number of rotatable bonds is 11. The van der Waals surface area contributed by atoms with Crippen LogP contribution in [0.3, 0.4) is 0 Å². The number of fused-ring (bicyclic) bond motifs is 1. The summed E-state index contributed by atoms with van der Waals surface area (Å²) >= 11 is 8.09. The third kappa shape index (κ3) is 8.54. The second-order valence-corrected chi connectivity index (χ2v) is 17.2. The number of halogens is 1. The van der Waals surface area contributed by atoms with E-state index < -0.39 is 58.6 Å². The predicted octanol–water partition coefficient (Wildman–Crippen LogP) is 6.49. The highest BCUT2D eigenvalue weighted by atomic mass is 35.5. The summed E-state index contributed by atoms with van der Waals surface area (Å²) < 4.78 is 12.1. The number of carbonyl (C=O) groups excluding carboxylic acids is 3. The van der Waals surface area contributed by atoms with Crippen LogP contribution in [0.1, 0.15) is 81.6 Å². The van der Waals surface area contributed by atoms with Crippen LogP contribution < -0.4 is 20.7 Å². The van der Waals surface area contributed by atoms with E-state index in [0.29, 0.717) is 45.9 Å². The zero-order valence-electron chi connectivity index (χ0n) is 31.1. The molecular weight excluding hydrogens is 708 g/mol. The van der Waals surface area contributed by atoms with Gasteiger partial charge in [0.2, 0.25) is 11.8 Å². The van der Waals surface area contributed by atoms with E-state index in [1.165, 1.54) is 16.2 Å². The average Bonchev–Trinajstić information content (AvgIpc) is 3.32. The van der Waals surface area contributed by atoms with Crippen molar-refractivity contribution in [2.45, 2.75) is 117 Å². The van der Waals surface area contributed by atoms with Crippen LogP contribution in [0.5, 0.6) is 5.75 Å². The van der Waals surface area contributed by atoms with Crippen LogP contribution in [0, 0.1) is 11.3 Å². The lowest BCUT2D eigenvalue weighted by Gasteiger charge is -2.35. The number of ether oxygens (including phenoxy) is 2. The molecule has 15 heteroatoms. The number of thiazole rings is 1. The summed E-state index contributed by atoms with van der Waals surface area (Å²) in [7, 11) is 0. The topological polar surface area (TPSA) is 172 Å². The maximum Gasteiger partial charge on any atom is 0.408 e. The van der Waals surface area contributed by atoms with Gasteiger partial charge in [0.1, 0.15) is 40.8 Å². The number of aliphatic carboxylic acids is 1. The number of hydrogen-bond acceptors (Lipinski definition) is 10. The largest absolute Gasteiger partial charge is 0.488 e. The van der Waals surface area contributed by atoms with E-state index in [9.17, 15) is 24.3 Å². The van der Waals surface area contributed by atoms with Gasteiger partial charge in [0.15, 0.2) is 5.13 Å². The summed E-state index contributed by atoms with van der Waals surface area (Å²) in [5.74, 6) is -2.03. The van der Waals surface area contributed by atoms with Gasteiger partial charge >= 0.3 is 12.1 Å². The Kier molecular flexibility index (Phi) is 11.0. The standard InChI is InChI=1S/C37H49ClN6O7S/c1-10-20-16-37(20,32(47)48)43-30(45)26-14-21(17-44(26)31(46)29(35(4,5)6)42-34(49)51-36(7,8)9)50-27-15-24(25-18-52-33(41-25)39-19(2)3)40-28-22(27)12-11-13-23(28)38/h11-13,15,18-21,26,29H,10,14,16-17H2,1-9H3,(H,39,41)(H,42,49)(H,43,45)(H,47,48)/t20-,21-,26+,29-,37-/m1/s1. The van der Waals surface area contributed by atoms with Crippen molar-refractivity contribution >= 4 is 62.8 Å². The maximum atomic E-state index is 14.5. The third-order valence-corrected chi connectivity index (χ3v) is 10.3. The van der Waals surface area contributed by atoms with E-state index >= 15 is 0 Å². The quantitative estimate of drug-likeness (QED) is 0.170. The molecule has 2 aromatic heterocycles. The highest BCUT2D eigenvalue weighted by molar-refractivity contribution is 7.14. The van der Waals surface area contributed by atoms with Gasteiger partial charge in [0.25, 0.3) is 0 Å². The van der Waals surface area contributed by atoms with Gasteiger partial charge in [-0.15, -0.1) is 11.3 Å². The van der Waals surface area contributed by atoms with Crippen molar-refractivity contribution in [1.82, 2.24) is 25.5 Å². The summed E-state index contributed by atoms with van der Waals surface area (Å²) in [4.78, 5) is 64.7. The number of hydrogen-bond donors (Lipinski definition) is 4. The Morgan fingerprint density at radius 1 is 1.12 bits per heavy atom. The van der Waals surface area contributed by atoms with Crippen LogP contribution in [0.15, 0.2) is 29.6 Å². The molecule has 2 aliphatic rings. The van der Waals surface area contributed by atoms with Gasteiger partial charge in [-0.05, 0) is 64.5 Å². The molecule has 4 N–H and O–H groups in total. The molecular formula is C37H49ClN6O7S. The number of nitrogens with zero attached hydrogens (tertiary/aromatic N) is 3. The van der Waals surface area contributed by atoms with Crippen molar-refractivity contribution in [3.05, 3.63) is 34.7 Å². The normalized spacial score (nSPS) is 22.2. The molecule has 5 rings (SSSR count). The Morgan fingerprint density at radius 3 is 2.42 bits per heavy atom. The number of benzene rings is 1. The Labute approximate surface area is 313 Å². The van der Waals surface area contributed by atoms with Crippen molar-refractivity contribution in [3.8, 4) is 17.1 Å². The number of pyridine rings is 1. The molecule has 0 radical (unpaired) electrons. The summed E-state index contributed by atoms with van der Waals surface area (Å²) in [6.07, 6.45) is -0.538. The number of carbonyl (C=O) groups is 4. The van der Waals surface area contributed by atoms with Crippen molar-refractivity contribution in [2.75, 3.05) is 11.9 Å². The van der Waals surface area contributed by atoms with Crippen LogP contribution in [0.4, 0.5) is 9.93 Å². The lowest BCUT2D eigenvalue weighted by Crippen LogP contribution is -2.59. The van der Waals surface area contributed by atoms with Gasteiger partial charge in [-0.3, -0.25) is 9.59 Å². The lowest BCUT2D eigenvalue weighted by atomic mass is 9.85. The molecule has 2 fully saturated rings. The third-order valence-electron chi connectivity index (χ3n) is 9.17. The number of para-hydroxylation sites is 1. The number of amides is 3. The number of aromatic nitrogens is 2. The Balaban J connectivity index is 1.50. The summed E-state index contributed by atoms with van der Waals surface area (Å²) in [6, 6.07) is 5.13. The van der Waals surface area contributed by atoms with Gasteiger partial charge in [-0.25, -0.2) is 19.6 Å². The van der Waals surface area contributed by atoms with Gasteiger partial charge in [0.05, 0.1) is 22.8 Å². The zero-order valence-corrected chi connectivity index (χ0v) is 32.7. The molecule has 1 aliphatic carbocycles. The van der Waals surface area contributed by atoms with E-state index in [1.807, 2.05) is 32.2 Å². The van der Waals surface area contributed by atoms with Crippen molar-refractivity contribution in [2.24, 2.45) is 11.3 Å². The van der Waals surface area contributed by atoms with Crippen LogP contribution in [-0.2, 0) is 19.1 Å². The molecule has 52 heavy (non-hydrogen) atoms. The monoisotopic (exact) mass is 756 g/mol. The first kappa shape index (κ1) is 39.0. The number of carboxylic acids is 1. The molecule has 282 valence electrons. The van der Waals surface area contributed by atoms with Crippen LogP contribution >= 0.6 is 22.9 Å². The highest BCUT2D eigenvalue weighted by Gasteiger charge is 2.61. The second-order valence-electron chi connectivity index (χ2n) is 16.0. The molecule has 3 aromatic rings. The molecule has 5 atom stereocenters. The number of likely N-dealkylation sites (tertiary alicyclic amines) is 1. The average molecular weight is 757 g/mol. The molecule has 0 unspecified atom stereocenters. The van der Waals surface area contributed by atoms with Gasteiger partial charge in [-0.1, -0.05) is 51.8 Å². The minimum atomic E-state index is -1.40. The first-order valence-corrected chi connectivity index (χ1v) is 18.8. The number of nitrogens with one attached hydrogen (secondary N) is 3. The number of anilines is 1. The Bertz CT molecular complexity index is 1850. The molecule has 3 amide bonds. The molecule has 1 aromatic carbocycles. The minimum absolute atomic E-state index is 0.0182. The van der Waals surface area contributed by atoms with Crippen molar-refractivity contribution in [1.29, 1.82) is 0 Å². The van der Waals surface area contributed by atoms with E-state index in [1.54, 1.807) is 59.7 Å². The summed E-state index contributed by atoms with van der Waals surface area (Å²) in [6.45, 7) is 16.5. The minimum Gasteiger partial charge on any atom is -0.488 e. The van der Waals surface area contributed by atoms with Crippen LogP contribution in [-0.4, -0.2) is 85.8 Å². The molecule has 0 spiro atoms. The van der Waals surface area contributed by atoms with Gasteiger partial charge in [-0.2, -0.15) is 0 Å². The molecule has 1 saturated carbocycles. The van der Waals surface area contributed by atoms with Gasteiger partial charge in [0, 0.05) is 29.3 Å². The fraction of sp³-hybridized carbons (Fsp3) is 0.568. The van der Waals surface area contributed by atoms with E-state index in [4.69, 9.17) is 31.0 Å². The summed E-state index contributed by atoms with van der Waals surface area (Å²) in [5.41, 5.74) is -1.35. The molecule has 13 nitrogen and oxygen atoms in total. The number of carboxylic acid groups (broad SMARTS) is 1. The van der Waals surface area contributed by atoms with E-state index in [2.05, 4.69) is 16.0 Å². The zero-order chi connectivity index (χ0) is 38.3. The van der Waals surface area contributed by atoms with E-state index in [-0.39, 0.29) is 24.9 Å². The molecule has 1 aliphatic heterocycles. The van der Waals surface area contributed by atoms with E-state index in [0.717, 1.165) is 5.13 Å². The lowest BCUT2D eigenvalue weighted by molar-refractivity contribution is -0.146. The Morgan fingerprint density at radius 2 is 1.83 bits per heavy atom. The fourth-order valence-corrected chi connectivity index (χ4v) is 7.57. The second kappa shape index (κ2) is 14.7. The first-order valence-electron chi connectivity index (χ1n) is 17.6. The molecule has 1 saturated heterocycles. The fourth-order valence-electron chi connectivity index (χ4n) is 6.50. The molecule has 3 heterocycles. The smallest absolute Gasteiger partial charge is 0.408 e. The highest BCUT2D eigenvalue weighted by Crippen LogP contribution is 2.46. The summed E-state index contributed by atoms with van der Waals surface area (Å²) in [5, 5.41) is 22.6. The predicted molar refractivity (Wildman–Crippen MR) is 201 cm³/mol. The number of alkyl carbamates (subject to hydrolysis) is 1. The van der Waals surface area contributed by atoms with Gasteiger partial charge < -0.3 is 35.4 Å². The molecule has 0 bridgehead atoms. The van der Waals surface area contributed by atoms with Crippen LogP contribution in [0.25, 0.3) is 22.3 Å². The SMILES string of the molecule is CC[C@@H]1C[C@]1(NC(=O)[C@@H]1C[C@@H](Oc2cc(-c3csc(NC(C)C)n3)nc3c(Cl)cccc23)CN1C(=O)[C@@H](NC(=O)OC(C)(C)C)C(C)(C)C)C(=O)O. The first-order chi connectivity index (χ1) is 24.2. The van der Waals surface area contributed by atoms with Crippen LogP contribution in [0.2, 0.25) is 5.02 Å².